The zero-order valence-corrected chi connectivity index (χ0v) is 15.9. The molecule has 0 aliphatic rings. The fraction of sp³-hybridized carbons (Fsp3) is 0.0455. The predicted molar refractivity (Wildman–Crippen MR) is 109 cm³/mol. The smallest absolute Gasteiger partial charge is 0.205 e. The molecule has 5 nitrogen and oxygen atoms in total. The molecular weight excluding hydrogens is 389 g/mol. The molecule has 0 saturated heterocycles. The molecule has 0 aliphatic carbocycles. The number of fused-ring (bicyclic) bond motifs is 1. The number of nitriles is 1. The number of aromatic amines is 1. The van der Waals surface area contributed by atoms with Crippen molar-refractivity contribution in [3.8, 4) is 11.8 Å². The lowest BCUT2D eigenvalue weighted by atomic mass is 10.0. The van der Waals surface area contributed by atoms with Crippen LogP contribution < -0.4 is 4.74 Å². The lowest BCUT2D eigenvalue weighted by Crippen LogP contribution is -2.01. The summed E-state index contributed by atoms with van der Waals surface area (Å²) in [5.41, 5.74) is 4.13. The SMILES string of the molecule is N#C/C(=C/c1ccc(OCc2cscn2)cc1)C(=O)c1c[nH]c2cc(F)ccc12. The van der Waals surface area contributed by atoms with E-state index in [9.17, 15) is 14.4 Å². The topological polar surface area (TPSA) is 78.8 Å². The van der Waals surface area contributed by atoms with E-state index in [0.29, 0.717) is 34.4 Å². The molecule has 0 spiro atoms. The van der Waals surface area contributed by atoms with E-state index < -0.39 is 11.6 Å². The van der Waals surface area contributed by atoms with Gasteiger partial charge in [0.2, 0.25) is 5.78 Å². The summed E-state index contributed by atoms with van der Waals surface area (Å²) in [5.74, 6) is -0.153. The molecule has 2 aromatic carbocycles. The number of hydrogen-bond acceptors (Lipinski definition) is 5. The summed E-state index contributed by atoms with van der Waals surface area (Å²) in [5, 5.41) is 12.0. The van der Waals surface area contributed by atoms with E-state index in [1.54, 1.807) is 29.8 Å². The Morgan fingerprint density at radius 1 is 1.28 bits per heavy atom. The molecule has 4 aromatic rings. The monoisotopic (exact) mass is 403 g/mol. The Kier molecular flexibility index (Phi) is 5.18. The Bertz CT molecular complexity index is 1240. The standard InChI is InChI=1S/C22H14FN3O2S/c23-16-3-6-19-20(10-25-21(19)8-16)22(27)15(9-24)7-14-1-4-18(5-2-14)28-11-17-12-29-13-26-17/h1-8,10,12-13,25H,11H2/b15-7-. The lowest BCUT2D eigenvalue weighted by Gasteiger charge is -2.04. The van der Waals surface area contributed by atoms with Gasteiger partial charge in [-0.15, -0.1) is 11.3 Å². The van der Waals surface area contributed by atoms with E-state index in [0.717, 1.165) is 5.69 Å². The maximum Gasteiger partial charge on any atom is 0.205 e. The molecule has 2 heterocycles. The summed E-state index contributed by atoms with van der Waals surface area (Å²) in [6.45, 7) is 0.377. The summed E-state index contributed by atoms with van der Waals surface area (Å²) in [6, 6.07) is 13.2. The normalized spacial score (nSPS) is 11.4. The van der Waals surface area contributed by atoms with Crippen molar-refractivity contribution in [3.05, 3.63) is 87.8 Å². The number of aromatic nitrogens is 2. The molecule has 7 heteroatoms. The maximum atomic E-state index is 13.3. The number of ether oxygens (including phenoxy) is 1. The van der Waals surface area contributed by atoms with Gasteiger partial charge in [0.15, 0.2) is 0 Å². The zero-order valence-electron chi connectivity index (χ0n) is 15.1. The van der Waals surface area contributed by atoms with E-state index in [-0.39, 0.29) is 5.57 Å². The fourth-order valence-electron chi connectivity index (χ4n) is 2.87. The van der Waals surface area contributed by atoms with Gasteiger partial charge < -0.3 is 9.72 Å². The van der Waals surface area contributed by atoms with Gasteiger partial charge in [-0.05, 0) is 42.0 Å². The van der Waals surface area contributed by atoms with Crippen LogP contribution in [0.3, 0.4) is 0 Å². The van der Waals surface area contributed by atoms with Gasteiger partial charge in [-0.25, -0.2) is 9.37 Å². The van der Waals surface area contributed by atoms with Crippen LogP contribution in [0.4, 0.5) is 4.39 Å². The van der Waals surface area contributed by atoms with Gasteiger partial charge in [0, 0.05) is 28.0 Å². The molecular formula is C22H14FN3O2S. The van der Waals surface area contributed by atoms with Gasteiger partial charge in [-0.3, -0.25) is 4.79 Å². The van der Waals surface area contributed by atoms with Crippen LogP contribution in [0.15, 0.2) is 65.1 Å². The number of Topliss-reactive ketones (excluding diaryl/α,β-unsaturated/α-hetero) is 1. The van der Waals surface area contributed by atoms with Gasteiger partial charge in [0.25, 0.3) is 0 Å². The number of carbonyl (C=O) groups excluding carboxylic acids is 1. The average molecular weight is 403 g/mol. The van der Waals surface area contributed by atoms with Crippen molar-refractivity contribution in [1.29, 1.82) is 5.26 Å². The largest absolute Gasteiger partial charge is 0.487 e. The van der Waals surface area contributed by atoms with Crippen LogP contribution in [0.25, 0.3) is 17.0 Å². The maximum absolute atomic E-state index is 13.3. The van der Waals surface area contributed by atoms with E-state index in [4.69, 9.17) is 4.74 Å². The Labute approximate surface area is 169 Å². The number of nitrogens with one attached hydrogen (secondary N) is 1. The van der Waals surface area contributed by atoms with Crippen molar-refractivity contribution >= 4 is 34.1 Å². The quantitative estimate of drug-likeness (QED) is 0.275. The summed E-state index contributed by atoms with van der Waals surface area (Å²) in [6.07, 6.45) is 3.02. The number of thiazole rings is 1. The minimum absolute atomic E-state index is 0.00799. The second-order valence-corrected chi connectivity index (χ2v) is 6.95. The van der Waals surface area contributed by atoms with Gasteiger partial charge in [-0.1, -0.05) is 12.1 Å². The minimum atomic E-state index is -0.422. The number of allylic oxidation sites excluding steroid dienone is 1. The van der Waals surface area contributed by atoms with E-state index in [1.165, 1.54) is 41.8 Å². The van der Waals surface area contributed by atoms with Crippen LogP contribution in [-0.2, 0) is 6.61 Å². The van der Waals surface area contributed by atoms with Gasteiger partial charge in [0.1, 0.15) is 29.8 Å². The van der Waals surface area contributed by atoms with Gasteiger partial charge >= 0.3 is 0 Å². The van der Waals surface area contributed by atoms with Crippen LogP contribution in [0.2, 0.25) is 0 Å². The van der Waals surface area contributed by atoms with Crippen LogP contribution in [0.1, 0.15) is 21.6 Å². The van der Waals surface area contributed by atoms with Crippen molar-refractivity contribution in [1.82, 2.24) is 9.97 Å². The highest BCUT2D eigenvalue weighted by atomic mass is 32.1. The zero-order chi connectivity index (χ0) is 20.2. The molecule has 0 atom stereocenters. The molecule has 0 fully saturated rings. The number of rotatable bonds is 6. The first-order valence-electron chi connectivity index (χ1n) is 8.67. The van der Waals surface area contributed by atoms with Crippen molar-refractivity contribution < 1.29 is 13.9 Å². The van der Waals surface area contributed by atoms with E-state index in [1.807, 2.05) is 11.4 Å². The Balaban J connectivity index is 1.53. The first-order chi connectivity index (χ1) is 14.1. The molecule has 142 valence electrons. The van der Waals surface area contributed by atoms with E-state index in [2.05, 4.69) is 9.97 Å². The number of nitrogens with zero attached hydrogens (tertiary/aromatic N) is 2. The third kappa shape index (κ3) is 4.08. The van der Waals surface area contributed by atoms with Gasteiger partial charge in [0.05, 0.1) is 11.2 Å². The third-order valence-electron chi connectivity index (χ3n) is 4.31. The van der Waals surface area contributed by atoms with E-state index >= 15 is 0 Å². The number of carbonyl (C=O) groups is 1. The van der Waals surface area contributed by atoms with Crippen LogP contribution in [0, 0.1) is 17.1 Å². The summed E-state index contributed by atoms with van der Waals surface area (Å²) < 4.78 is 19.0. The lowest BCUT2D eigenvalue weighted by molar-refractivity contribution is 0.104. The molecule has 0 bridgehead atoms. The first-order valence-corrected chi connectivity index (χ1v) is 9.61. The molecule has 4 rings (SSSR count). The minimum Gasteiger partial charge on any atom is -0.487 e. The number of halogens is 1. The number of hydrogen-bond donors (Lipinski definition) is 1. The summed E-state index contributed by atoms with van der Waals surface area (Å²) in [4.78, 5) is 19.8. The van der Waals surface area contributed by atoms with Crippen LogP contribution in [0.5, 0.6) is 5.75 Å². The third-order valence-corrected chi connectivity index (χ3v) is 4.95. The highest BCUT2D eigenvalue weighted by Gasteiger charge is 2.17. The molecule has 0 unspecified atom stereocenters. The molecule has 0 saturated carbocycles. The van der Waals surface area contributed by atoms with Crippen molar-refractivity contribution in [2.75, 3.05) is 0 Å². The summed E-state index contributed by atoms with van der Waals surface area (Å²) >= 11 is 1.51. The molecule has 0 radical (unpaired) electrons. The highest BCUT2D eigenvalue weighted by molar-refractivity contribution is 7.07. The highest BCUT2D eigenvalue weighted by Crippen LogP contribution is 2.23. The number of benzene rings is 2. The fourth-order valence-corrected chi connectivity index (χ4v) is 3.42. The van der Waals surface area contributed by atoms with Crippen LogP contribution >= 0.6 is 11.3 Å². The molecule has 29 heavy (non-hydrogen) atoms. The van der Waals surface area contributed by atoms with Gasteiger partial charge in [-0.2, -0.15) is 5.26 Å². The second-order valence-electron chi connectivity index (χ2n) is 6.23. The van der Waals surface area contributed by atoms with Crippen molar-refractivity contribution in [3.63, 3.8) is 0 Å². The first kappa shape index (κ1) is 18.6. The Morgan fingerprint density at radius 2 is 2.10 bits per heavy atom. The molecule has 1 N–H and O–H groups in total. The van der Waals surface area contributed by atoms with Crippen LogP contribution in [-0.4, -0.2) is 15.8 Å². The molecule has 2 aromatic heterocycles. The van der Waals surface area contributed by atoms with Crippen molar-refractivity contribution in [2.45, 2.75) is 6.61 Å². The predicted octanol–water partition coefficient (Wildman–Crippen LogP) is 5.13. The van der Waals surface area contributed by atoms with Crippen molar-refractivity contribution in [2.24, 2.45) is 0 Å². The summed E-state index contributed by atoms with van der Waals surface area (Å²) in [7, 11) is 0. The Morgan fingerprint density at radius 3 is 2.83 bits per heavy atom. The Hall–Kier alpha value is -3.76. The molecule has 0 aliphatic heterocycles. The average Bonchev–Trinajstić information content (AvgIpc) is 3.40. The molecule has 0 amide bonds. The number of ketones is 1. The second kappa shape index (κ2) is 8.09. The number of H-pyrrole nitrogens is 1.